The smallest absolute Gasteiger partial charge is 0.220 e. The van der Waals surface area contributed by atoms with Crippen molar-refractivity contribution in [1.29, 1.82) is 0 Å². The van der Waals surface area contributed by atoms with E-state index in [4.69, 9.17) is 5.73 Å². The van der Waals surface area contributed by atoms with Crippen molar-refractivity contribution in [3.8, 4) is 0 Å². The van der Waals surface area contributed by atoms with E-state index in [2.05, 4.69) is 10.0 Å². The third-order valence-corrected chi connectivity index (χ3v) is 3.36. The van der Waals surface area contributed by atoms with E-state index < -0.39 is 10.0 Å². The monoisotopic (exact) mass is 251 g/mol. The molecule has 7 heteroatoms. The van der Waals surface area contributed by atoms with Gasteiger partial charge in [0.25, 0.3) is 0 Å². The zero-order chi connectivity index (χ0) is 12.8. The van der Waals surface area contributed by atoms with Crippen LogP contribution in [0.15, 0.2) is 0 Å². The van der Waals surface area contributed by atoms with Crippen LogP contribution in [0.25, 0.3) is 0 Å². The molecular formula is C9H21N3O3S. The predicted octanol–water partition coefficient (Wildman–Crippen LogP) is -0.831. The number of rotatable bonds is 7. The van der Waals surface area contributed by atoms with Crippen LogP contribution < -0.4 is 15.8 Å². The van der Waals surface area contributed by atoms with Crippen LogP contribution in [0.5, 0.6) is 0 Å². The summed E-state index contributed by atoms with van der Waals surface area (Å²) in [5.74, 6) is -0.286. The fraction of sp³-hybridized carbons (Fsp3) is 0.889. The van der Waals surface area contributed by atoms with Gasteiger partial charge in [0.05, 0.1) is 5.75 Å². The number of sulfonamides is 1. The average molecular weight is 251 g/mol. The van der Waals surface area contributed by atoms with Gasteiger partial charge in [0, 0.05) is 18.5 Å². The maximum atomic E-state index is 11.3. The molecule has 0 unspecified atom stereocenters. The Kier molecular flexibility index (Phi) is 5.91. The van der Waals surface area contributed by atoms with Crippen LogP contribution in [0.3, 0.4) is 0 Å². The first kappa shape index (κ1) is 15.3. The van der Waals surface area contributed by atoms with Gasteiger partial charge in [-0.15, -0.1) is 0 Å². The fourth-order valence-corrected chi connectivity index (χ4v) is 1.53. The highest BCUT2D eigenvalue weighted by Crippen LogP contribution is 2.06. The second-order valence-corrected chi connectivity index (χ2v) is 6.41. The second kappa shape index (κ2) is 6.17. The Morgan fingerprint density at radius 3 is 2.38 bits per heavy atom. The van der Waals surface area contributed by atoms with Gasteiger partial charge in [-0.25, -0.2) is 13.1 Å². The van der Waals surface area contributed by atoms with Crippen molar-refractivity contribution < 1.29 is 13.2 Å². The maximum absolute atomic E-state index is 11.3. The molecule has 16 heavy (non-hydrogen) atoms. The molecule has 1 amide bonds. The Hall–Kier alpha value is -0.660. The number of hydrogen-bond acceptors (Lipinski definition) is 4. The van der Waals surface area contributed by atoms with E-state index in [1.54, 1.807) is 0 Å². The molecule has 4 N–H and O–H groups in total. The largest absolute Gasteiger partial charge is 0.355 e. The molecule has 0 fully saturated rings. The lowest BCUT2D eigenvalue weighted by molar-refractivity contribution is -0.121. The molecule has 0 saturated heterocycles. The Balaban J connectivity index is 3.76. The Morgan fingerprint density at radius 1 is 1.38 bits per heavy atom. The van der Waals surface area contributed by atoms with Crippen molar-refractivity contribution in [2.24, 2.45) is 5.73 Å². The second-order valence-electron chi connectivity index (χ2n) is 4.36. The minimum atomic E-state index is -3.25. The fourth-order valence-electron chi connectivity index (χ4n) is 0.951. The van der Waals surface area contributed by atoms with Crippen LogP contribution in [-0.4, -0.2) is 39.2 Å². The Bertz CT molecular complexity index is 319. The van der Waals surface area contributed by atoms with Crippen molar-refractivity contribution in [1.82, 2.24) is 10.0 Å². The molecule has 0 aromatic rings. The molecule has 0 spiro atoms. The van der Waals surface area contributed by atoms with E-state index in [1.807, 2.05) is 13.8 Å². The highest BCUT2D eigenvalue weighted by molar-refractivity contribution is 7.89. The Labute approximate surface area is 97.0 Å². The van der Waals surface area contributed by atoms with Gasteiger partial charge in [0.1, 0.15) is 0 Å². The molecule has 0 saturated carbocycles. The van der Waals surface area contributed by atoms with Crippen LogP contribution >= 0.6 is 0 Å². The molecule has 0 radical (unpaired) electrons. The normalized spacial score (nSPS) is 12.5. The van der Waals surface area contributed by atoms with E-state index in [0.717, 1.165) is 0 Å². The van der Waals surface area contributed by atoms with Crippen LogP contribution in [0.1, 0.15) is 26.7 Å². The number of nitrogens with two attached hydrogens (primary N) is 1. The number of hydrogen-bond donors (Lipinski definition) is 3. The van der Waals surface area contributed by atoms with E-state index in [-0.39, 0.29) is 23.7 Å². The summed E-state index contributed by atoms with van der Waals surface area (Å²) in [5.41, 5.74) is 5.34. The van der Waals surface area contributed by atoms with Crippen molar-refractivity contribution in [2.75, 3.05) is 19.3 Å². The van der Waals surface area contributed by atoms with Crippen molar-refractivity contribution >= 4 is 15.9 Å². The van der Waals surface area contributed by atoms with E-state index in [0.29, 0.717) is 12.8 Å². The van der Waals surface area contributed by atoms with Gasteiger partial charge in [0.2, 0.25) is 15.9 Å². The van der Waals surface area contributed by atoms with Gasteiger partial charge >= 0.3 is 0 Å². The first-order valence-corrected chi connectivity index (χ1v) is 6.78. The molecule has 0 aliphatic rings. The summed E-state index contributed by atoms with van der Waals surface area (Å²) < 4.78 is 24.2. The summed E-state index contributed by atoms with van der Waals surface area (Å²) >= 11 is 0. The molecule has 0 aliphatic heterocycles. The lowest BCUT2D eigenvalue weighted by atomic mass is 10.00. The third-order valence-electron chi connectivity index (χ3n) is 2.00. The summed E-state index contributed by atoms with van der Waals surface area (Å²) in [5, 5.41) is 2.53. The van der Waals surface area contributed by atoms with Crippen LogP contribution in [0.2, 0.25) is 0 Å². The highest BCUT2D eigenvalue weighted by atomic mass is 32.2. The molecule has 0 rings (SSSR count). The SMILES string of the molecule is CNS(=O)(=O)CCNC(=O)CCC(C)(C)N. The zero-order valence-corrected chi connectivity index (χ0v) is 10.9. The van der Waals surface area contributed by atoms with Crippen molar-refractivity contribution in [3.05, 3.63) is 0 Å². The van der Waals surface area contributed by atoms with E-state index in [9.17, 15) is 13.2 Å². The summed E-state index contributed by atoms with van der Waals surface area (Å²) in [6.45, 7) is 3.80. The van der Waals surface area contributed by atoms with Crippen molar-refractivity contribution in [3.63, 3.8) is 0 Å². The van der Waals surface area contributed by atoms with Crippen LogP contribution in [0.4, 0.5) is 0 Å². The van der Waals surface area contributed by atoms with Gasteiger partial charge in [-0.05, 0) is 27.3 Å². The minimum absolute atomic E-state index is 0.110. The molecular weight excluding hydrogens is 230 g/mol. The van der Waals surface area contributed by atoms with Gasteiger partial charge < -0.3 is 11.1 Å². The summed E-state index contributed by atoms with van der Waals surface area (Å²) in [4.78, 5) is 11.3. The maximum Gasteiger partial charge on any atom is 0.220 e. The van der Waals surface area contributed by atoms with Gasteiger partial charge in [0.15, 0.2) is 0 Å². The lowest BCUT2D eigenvalue weighted by Crippen LogP contribution is -2.36. The standard InChI is InChI=1S/C9H21N3O3S/c1-9(2,10)5-4-8(13)12-6-7-16(14,15)11-3/h11H,4-7,10H2,1-3H3,(H,12,13). The summed E-state index contributed by atoms with van der Waals surface area (Å²) in [7, 11) is -1.91. The van der Waals surface area contributed by atoms with Crippen LogP contribution in [0, 0.1) is 0 Å². The number of carbonyl (C=O) groups excluding carboxylic acids is 1. The average Bonchev–Trinajstić information content (AvgIpc) is 2.13. The number of carbonyl (C=O) groups is 1. The lowest BCUT2D eigenvalue weighted by Gasteiger charge is -2.17. The highest BCUT2D eigenvalue weighted by Gasteiger charge is 2.13. The molecule has 6 nitrogen and oxygen atoms in total. The Morgan fingerprint density at radius 2 is 1.94 bits per heavy atom. The van der Waals surface area contributed by atoms with Crippen molar-refractivity contribution in [2.45, 2.75) is 32.2 Å². The predicted molar refractivity (Wildman–Crippen MR) is 63.4 cm³/mol. The molecule has 0 bridgehead atoms. The van der Waals surface area contributed by atoms with E-state index in [1.165, 1.54) is 7.05 Å². The number of nitrogens with one attached hydrogen (secondary N) is 2. The quantitative estimate of drug-likeness (QED) is 0.549. The minimum Gasteiger partial charge on any atom is -0.355 e. The molecule has 0 aromatic heterocycles. The molecule has 0 aliphatic carbocycles. The van der Waals surface area contributed by atoms with Gasteiger partial charge in [-0.1, -0.05) is 0 Å². The topological polar surface area (TPSA) is 101 Å². The summed E-state index contributed by atoms with van der Waals surface area (Å²) in [6, 6.07) is 0. The molecule has 0 heterocycles. The third kappa shape index (κ3) is 8.63. The molecule has 96 valence electrons. The molecule has 0 aromatic carbocycles. The zero-order valence-electron chi connectivity index (χ0n) is 10.0. The first-order valence-electron chi connectivity index (χ1n) is 5.13. The molecule has 0 atom stereocenters. The van der Waals surface area contributed by atoms with E-state index >= 15 is 0 Å². The van der Waals surface area contributed by atoms with Gasteiger partial charge in [-0.2, -0.15) is 0 Å². The van der Waals surface area contributed by atoms with Crippen LogP contribution in [-0.2, 0) is 14.8 Å². The van der Waals surface area contributed by atoms with Gasteiger partial charge in [-0.3, -0.25) is 4.79 Å². The summed E-state index contributed by atoms with van der Waals surface area (Å²) in [6.07, 6.45) is 0.876. The number of amides is 1. The first-order chi connectivity index (χ1) is 7.16.